The van der Waals surface area contributed by atoms with Gasteiger partial charge in [0.1, 0.15) is 5.69 Å². The Morgan fingerprint density at radius 3 is 2.55 bits per heavy atom. The summed E-state index contributed by atoms with van der Waals surface area (Å²) in [5.41, 5.74) is 3.64. The Morgan fingerprint density at radius 1 is 1.14 bits per heavy atom. The van der Waals surface area contributed by atoms with Crippen molar-refractivity contribution in [1.29, 1.82) is 0 Å². The summed E-state index contributed by atoms with van der Waals surface area (Å²) < 4.78 is 0. The van der Waals surface area contributed by atoms with E-state index in [9.17, 15) is 14.9 Å². The van der Waals surface area contributed by atoms with E-state index in [4.69, 9.17) is 12.2 Å². The lowest BCUT2D eigenvalue weighted by atomic mass is 10.1. The summed E-state index contributed by atoms with van der Waals surface area (Å²) >= 11 is 5.24. The molecule has 1 saturated heterocycles. The summed E-state index contributed by atoms with van der Waals surface area (Å²) in [7, 11) is 0. The lowest BCUT2D eigenvalue weighted by Gasteiger charge is -2.28. The molecule has 8 heteroatoms. The van der Waals surface area contributed by atoms with Crippen molar-refractivity contribution in [3.63, 3.8) is 0 Å². The van der Waals surface area contributed by atoms with Gasteiger partial charge in [-0.1, -0.05) is 12.1 Å². The highest BCUT2D eigenvalue weighted by atomic mass is 32.1. The maximum atomic E-state index is 12.6. The van der Waals surface area contributed by atoms with Gasteiger partial charge in [-0.05, 0) is 74.7 Å². The first-order valence-corrected chi connectivity index (χ1v) is 9.99. The Morgan fingerprint density at radius 2 is 1.86 bits per heavy atom. The second-order valence-electron chi connectivity index (χ2n) is 7.16. The molecule has 29 heavy (non-hydrogen) atoms. The van der Waals surface area contributed by atoms with Gasteiger partial charge in [0.15, 0.2) is 5.11 Å². The van der Waals surface area contributed by atoms with Gasteiger partial charge in [0, 0.05) is 30.4 Å². The first-order valence-electron chi connectivity index (χ1n) is 9.59. The monoisotopic (exact) mass is 412 g/mol. The molecule has 0 atom stereocenters. The Labute approximate surface area is 175 Å². The third-order valence-corrected chi connectivity index (χ3v) is 5.42. The number of nitrogens with zero attached hydrogens (tertiary/aromatic N) is 2. The van der Waals surface area contributed by atoms with E-state index in [1.54, 1.807) is 12.1 Å². The van der Waals surface area contributed by atoms with Crippen molar-refractivity contribution < 1.29 is 9.72 Å². The van der Waals surface area contributed by atoms with E-state index in [1.165, 1.54) is 6.07 Å². The molecule has 2 aromatic carbocycles. The zero-order valence-electron chi connectivity index (χ0n) is 16.5. The van der Waals surface area contributed by atoms with Gasteiger partial charge >= 0.3 is 0 Å². The number of piperidine rings is 1. The maximum absolute atomic E-state index is 12.6. The first-order chi connectivity index (χ1) is 13.9. The zero-order valence-corrected chi connectivity index (χ0v) is 17.3. The fourth-order valence-electron chi connectivity index (χ4n) is 3.43. The van der Waals surface area contributed by atoms with Crippen molar-refractivity contribution in [1.82, 2.24) is 5.32 Å². The van der Waals surface area contributed by atoms with Crippen molar-refractivity contribution in [2.75, 3.05) is 23.3 Å². The van der Waals surface area contributed by atoms with Crippen LogP contribution in [0.3, 0.4) is 0 Å². The average molecular weight is 413 g/mol. The lowest BCUT2D eigenvalue weighted by Crippen LogP contribution is -2.34. The molecule has 0 aliphatic carbocycles. The van der Waals surface area contributed by atoms with Crippen LogP contribution in [0.15, 0.2) is 36.4 Å². The van der Waals surface area contributed by atoms with Crippen molar-refractivity contribution in [3.8, 4) is 0 Å². The molecular weight excluding hydrogens is 388 g/mol. The number of amides is 1. The Kier molecular flexibility index (Phi) is 6.43. The Hall–Kier alpha value is -3.00. The van der Waals surface area contributed by atoms with Gasteiger partial charge in [0.05, 0.1) is 4.92 Å². The fourth-order valence-corrected chi connectivity index (χ4v) is 3.63. The van der Waals surface area contributed by atoms with Gasteiger partial charge in [0.25, 0.3) is 11.6 Å². The van der Waals surface area contributed by atoms with Crippen LogP contribution in [0.2, 0.25) is 0 Å². The number of nitrogens with one attached hydrogen (secondary N) is 2. The van der Waals surface area contributed by atoms with Crippen LogP contribution in [0.1, 0.15) is 40.7 Å². The molecule has 3 rings (SSSR count). The van der Waals surface area contributed by atoms with E-state index in [1.807, 2.05) is 36.9 Å². The Bertz CT molecular complexity index is 955. The summed E-state index contributed by atoms with van der Waals surface area (Å²) in [6.45, 7) is 5.53. The number of rotatable bonds is 4. The van der Waals surface area contributed by atoms with E-state index < -0.39 is 10.8 Å². The predicted octanol–water partition coefficient (Wildman–Crippen LogP) is 4.33. The summed E-state index contributed by atoms with van der Waals surface area (Å²) in [5.74, 6) is -0.485. The topological polar surface area (TPSA) is 87.5 Å². The van der Waals surface area contributed by atoms with Crippen LogP contribution >= 0.6 is 12.2 Å². The van der Waals surface area contributed by atoms with Crippen LogP contribution in [-0.4, -0.2) is 29.0 Å². The van der Waals surface area contributed by atoms with Crippen molar-refractivity contribution in [3.05, 3.63) is 63.2 Å². The largest absolute Gasteiger partial charge is 0.366 e. The van der Waals surface area contributed by atoms with Gasteiger partial charge < -0.3 is 10.2 Å². The summed E-state index contributed by atoms with van der Waals surface area (Å²) in [6.07, 6.45) is 3.16. The second-order valence-corrected chi connectivity index (χ2v) is 7.57. The molecule has 0 unspecified atom stereocenters. The van der Waals surface area contributed by atoms with Crippen LogP contribution in [0.5, 0.6) is 0 Å². The molecule has 0 spiro atoms. The molecule has 1 amide bonds. The Balaban J connectivity index is 1.74. The minimum absolute atomic E-state index is 0.0621. The molecule has 0 saturated carbocycles. The summed E-state index contributed by atoms with van der Waals surface area (Å²) in [6, 6.07) is 10.3. The minimum atomic E-state index is -0.485. The summed E-state index contributed by atoms with van der Waals surface area (Å²) in [4.78, 5) is 25.7. The van der Waals surface area contributed by atoms with Crippen molar-refractivity contribution >= 4 is 40.3 Å². The number of carbonyl (C=O) groups excluding carboxylic acids is 1. The molecule has 152 valence electrons. The van der Waals surface area contributed by atoms with Crippen LogP contribution in [0.25, 0.3) is 0 Å². The van der Waals surface area contributed by atoms with Gasteiger partial charge in [-0.15, -0.1) is 0 Å². The highest BCUT2D eigenvalue weighted by molar-refractivity contribution is 7.80. The normalized spacial score (nSPS) is 13.7. The van der Waals surface area contributed by atoms with Crippen molar-refractivity contribution in [2.24, 2.45) is 0 Å². The first kappa shape index (κ1) is 20.7. The highest BCUT2D eigenvalue weighted by Crippen LogP contribution is 2.31. The van der Waals surface area contributed by atoms with Crippen LogP contribution < -0.4 is 15.5 Å². The average Bonchev–Trinajstić information content (AvgIpc) is 2.71. The van der Waals surface area contributed by atoms with Gasteiger partial charge in [-0.3, -0.25) is 20.2 Å². The number of aryl methyl sites for hydroxylation is 1. The zero-order chi connectivity index (χ0) is 21.0. The van der Waals surface area contributed by atoms with Crippen LogP contribution in [0, 0.1) is 24.0 Å². The minimum Gasteiger partial charge on any atom is -0.366 e. The van der Waals surface area contributed by atoms with Crippen molar-refractivity contribution in [2.45, 2.75) is 33.1 Å². The van der Waals surface area contributed by atoms with E-state index in [0.717, 1.165) is 49.2 Å². The summed E-state index contributed by atoms with van der Waals surface area (Å²) in [5, 5.41) is 17.3. The fraction of sp³-hybridized carbons (Fsp3) is 0.333. The number of hydrogen-bond donors (Lipinski definition) is 2. The number of nitro groups is 1. The van der Waals surface area contributed by atoms with Crippen LogP contribution in [0.4, 0.5) is 17.1 Å². The van der Waals surface area contributed by atoms with E-state index in [0.29, 0.717) is 5.69 Å². The molecule has 0 radical (unpaired) electrons. The van der Waals surface area contributed by atoms with E-state index in [-0.39, 0.29) is 16.4 Å². The standard InChI is InChI=1S/C21H24N4O3S/c1-14-7-6-8-17(15(14)2)22-21(29)23-20(26)16-9-10-18(19(13-16)25(27)28)24-11-4-3-5-12-24/h6-10,13H,3-5,11-12H2,1-2H3,(H2,22,23,26,29). The molecule has 2 N–H and O–H groups in total. The molecular formula is C21H24N4O3S. The number of benzene rings is 2. The SMILES string of the molecule is Cc1cccc(NC(=S)NC(=O)c2ccc(N3CCCCC3)c([N+](=O)[O-])c2)c1C. The third kappa shape index (κ3) is 4.89. The number of hydrogen-bond acceptors (Lipinski definition) is 5. The predicted molar refractivity (Wildman–Crippen MR) is 119 cm³/mol. The molecule has 0 aromatic heterocycles. The highest BCUT2D eigenvalue weighted by Gasteiger charge is 2.23. The third-order valence-electron chi connectivity index (χ3n) is 5.21. The molecule has 1 aliphatic heterocycles. The van der Waals surface area contributed by atoms with Gasteiger partial charge in [-0.2, -0.15) is 0 Å². The van der Waals surface area contributed by atoms with E-state index >= 15 is 0 Å². The molecule has 7 nitrogen and oxygen atoms in total. The number of nitro benzene ring substituents is 1. The number of anilines is 2. The van der Waals surface area contributed by atoms with Crippen LogP contribution in [-0.2, 0) is 0 Å². The molecule has 1 heterocycles. The molecule has 1 aliphatic rings. The van der Waals surface area contributed by atoms with Gasteiger partial charge in [-0.25, -0.2) is 0 Å². The number of thiocarbonyl (C=S) groups is 1. The quantitative estimate of drug-likeness (QED) is 0.442. The smallest absolute Gasteiger partial charge is 0.293 e. The maximum Gasteiger partial charge on any atom is 0.293 e. The van der Waals surface area contributed by atoms with E-state index in [2.05, 4.69) is 10.6 Å². The lowest BCUT2D eigenvalue weighted by molar-refractivity contribution is -0.384. The molecule has 2 aromatic rings. The number of carbonyl (C=O) groups is 1. The molecule has 1 fully saturated rings. The van der Waals surface area contributed by atoms with Gasteiger partial charge in [0.2, 0.25) is 0 Å². The second kappa shape index (κ2) is 9.00. The molecule has 0 bridgehead atoms.